The average Bonchev–Trinajstić information content (AvgIpc) is 3.14. The van der Waals surface area contributed by atoms with Crippen LogP contribution in [0.15, 0.2) is 0 Å². The van der Waals surface area contributed by atoms with Crippen LogP contribution in [0.1, 0.15) is 6.42 Å². The molecule has 2 rings (SSSR count). The third kappa shape index (κ3) is 8.54. The molecule has 218 valence electrons. The molecule has 16 heteroatoms. The summed E-state index contributed by atoms with van der Waals surface area (Å²) >= 11 is 0. The van der Waals surface area contributed by atoms with Crippen molar-refractivity contribution in [1.29, 1.82) is 0 Å². The van der Waals surface area contributed by atoms with E-state index in [1.54, 1.807) is 14.7 Å². The van der Waals surface area contributed by atoms with E-state index in [0.29, 0.717) is 0 Å². The van der Waals surface area contributed by atoms with Crippen LogP contribution in [-0.4, -0.2) is 194 Å². The fourth-order valence-electron chi connectivity index (χ4n) is 5.15. The molecule has 0 aromatic heterocycles. The number of nitrogens with zero attached hydrogens (tertiary/aromatic N) is 5. The van der Waals surface area contributed by atoms with E-state index in [1.165, 1.54) is 9.80 Å². The number of hydrogen-bond donors (Lipinski definition) is 7. The summed E-state index contributed by atoms with van der Waals surface area (Å²) in [6.07, 6.45) is -2.58. The van der Waals surface area contributed by atoms with Gasteiger partial charge in [-0.1, -0.05) is 0 Å². The molecule has 2 aliphatic rings. The zero-order valence-electron chi connectivity index (χ0n) is 21.3. The van der Waals surface area contributed by atoms with Crippen molar-refractivity contribution in [2.24, 2.45) is 0 Å². The normalized spacial score (nSPS) is 26.9. The lowest BCUT2D eigenvalue weighted by Crippen LogP contribution is -2.70. The number of likely N-dealkylation sites (tertiary alicyclic amines) is 1. The number of β-amino-alcohol motifs (C(OH)–C–C–N with tert-alkyl or cyclic N) is 1. The third-order valence-electron chi connectivity index (χ3n) is 6.97. The van der Waals surface area contributed by atoms with E-state index < -0.39 is 48.4 Å². The molecule has 2 heterocycles. The van der Waals surface area contributed by atoms with Gasteiger partial charge < -0.3 is 35.7 Å². The number of hydrogen-bond acceptors (Lipinski definition) is 12. The summed E-state index contributed by atoms with van der Waals surface area (Å²) in [4.78, 5) is 54.6. The van der Waals surface area contributed by atoms with Crippen LogP contribution >= 0.6 is 0 Å². The molecule has 0 saturated carbocycles. The molecular weight excluding hydrogens is 510 g/mol. The Balaban J connectivity index is 2.43. The fraction of sp³-hybridized carbons (Fsp3) is 0.818. The van der Waals surface area contributed by atoms with Gasteiger partial charge in [-0.15, -0.1) is 0 Å². The van der Waals surface area contributed by atoms with Crippen molar-refractivity contribution in [3.05, 3.63) is 0 Å². The largest absolute Gasteiger partial charge is 0.480 e. The quantitative estimate of drug-likeness (QED) is 0.129. The lowest BCUT2D eigenvalue weighted by molar-refractivity contribution is -0.179. The lowest BCUT2D eigenvalue weighted by atomic mass is 10.00. The van der Waals surface area contributed by atoms with Gasteiger partial charge in [0.25, 0.3) is 0 Å². The second-order valence-electron chi connectivity index (χ2n) is 9.61. The summed E-state index contributed by atoms with van der Waals surface area (Å²) in [6.45, 7) is -1.07. The van der Waals surface area contributed by atoms with Crippen LogP contribution in [0.25, 0.3) is 0 Å². The summed E-state index contributed by atoms with van der Waals surface area (Å²) in [5.74, 6) is -4.71. The van der Waals surface area contributed by atoms with Crippen molar-refractivity contribution < 1.29 is 54.9 Å². The first-order chi connectivity index (χ1) is 17.9. The summed E-state index contributed by atoms with van der Waals surface area (Å²) < 4.78 is 0. The highest BCUT2D eigenvalue weighted by Gasteiger charge is 2.58. The Morgan fingerprint density at radius 1 is 0.711 bits per heavy atom. The number of aliphatic hydroxyl groups is 3. The molecule has 38 heavy (non-hydrogen) atoms. The fourth-order valence-corrected chi connectivity index (χ4v) is 5.15. The van der Waals surface area contributed by atoms with E-state index >= 15 is 0 Å². The van der Waals surface area contributed by atoms with Gasteiger partial charge in [-0.25, -0.2) is 4.79 Å². The monoisotopic (exact) mass is 549 g/mol. The highest BCUT2D eigenvalue weighted by Crippen LogP contribution is 2.34. The van der Waals surface area contributed by atoms with Gasteiger partial charge in [-0.05, 0) is 6.42 Å². The Bertz CT molecular complexity index is 802. The molecule has 16 nitrogen and oxygen atoms in total. The highest BCUT2D eigenvalue weighted by atomic mass is 16.4. The molecule has 2 fully saturated rings. The van der Waals surface area contributed by atoms with Crippen LogP contribution < -0.4 is 0 Å². The topological polar surface area (TPSA) is 226 Å². The highest BCUT2D eigenvalue weighted by molar-refractivity contribution is 5.80. The van der Waals surface area contributed by atoms with E-state index in [9.17, 15) is 54.9 Å². The number of aliphatic carboxylic acids is 4. The predicted molar refractivity (Wildman–Crippen MR) is 129 cm³/mol. The van der Waals surface area contributed by atoms with E-state index in [4.69, 9.17) is 0 Å². The Kier molecular flexibility index (Phi) is 12.2. The number of carboxylic acid groups (broad SMARTS) is 4. The second-order valence-corrected chi connectivity index (χ2v) is 9.61. The van der Waals surface area contributed by atoms with Gasteiger partial charge in [0.1, 0.15) is 0 Å². The summed E-state index contributed by atoms with van der Waals surface area (Å²) in [6, 6.07) is 0. The Morgan fingerprint density at radius 3 is 1.45 bits per heavy atom. The molecule has 0 bridgehead atoms. The van der Waals surface area contributed by atoms with Crippen LogP contribution in [0.4, 0.5) is 0 Å². The SMILES string of the molecule is O=C(O)CN1CCN(CC(=O)O)CCN([C@@]2(C(=O)O)C(O)CCN2CC(O)CO)CCN(CC(=O)O)CC1. The zero-order valence-corrected chi connectivity index (χ0v) is 21.3. The van der Waals surface area contributed by atoms with Crippen molar-refractivity contribution in [3.63, 3.8) is 0 Å². The molecular formula is C22H39N5O11. The van der Waals surface area contributed by atoms with Gasteiger partial charge in [0.15, 0.2) is 0 Å². The molecule has 0 aromatic carbocycles. The minimum atomic E-state index is -2.00. The molecule has 7 N–H and O–H groups in total. The van der Waals surface area contributed by atoms with Crippen molar-refractivity contribution in [1.82, 2.24) is 24.5 Å². The smallest absolute Gasteiger partial charge is 0.342 e. The predicted octanol–water partition coefficient (Wildman–Crippen LogP) is -4.34. The number of carbonyl (C=O) groups is 4. The Labute approximate surface area is 219 Å². The Morgan fingerprint density at radius 2 is 1.11 bits per heavy atom. The summed E-state index contributed by atoms with van der Waals surface area (Å²) in [5.41, 5.74) is -2.00. The molecule has 0 aromatic rings. The van der Waals surface area contributed by atoms with Gasteiger partial charge >= 0.3 is 23.9 Å². The van der Waals surface area contributed by atoms with Gasteiger partial charge in [-0.2, -0.15) is 0 Å². The molecule has 2 aliphatic heterocycles. The number of carboxylic acids is 4. The minimum absolute atomic E-state index is 0.0256. The maximum Gasteiger partial charge on any atom is 0.342 e. The van der Waals surface area contributed by atoms with E-state index in [2.05, 4.69) is 0 Å². The zero-order chi connectivity index (χ0) is 28.5. The molecule has 0 aliphatic carbocycles. The van der Waals surface area contributed by atoms with Gasteiger partial charge in [0, 0.05) is 65.4 Å². The van der Waals surface area contributed by atoms with Crippen molar-refractivity contribution in [2.45, 2.75) is 24.3 Å². The van der Waals surface area contributed by atoms with Crippen LogP contribution in [0.5, 0.6) is 0 Å². The van der Waals surface area contributed by atoms with Crippen molar-refractivity contribution in [3.8, 4) is 0 Å². The van der Waals surface area contributed by atoms with E-state index in [-0.39, 0.29) is 91.5 Å². The molecule has 0 radical (unpaired) electrons. The second kappa shape index (κ2) is 14.6. The third-order valence-corrected chi connectivity index (χ3v) is 6.97. The van der Waals surface area contributed by atoms with Crippen LogP contribution in [0.2, 0.25) is 0 Å². The average molecular weight is 550 g/mol. The lowest BCUT2D eigenvalue weighted by Gasteiger charge is -2.47. The van der Waals surface area contributed by atoms with Gasteiger partial charge in [0.2, 0.25) is 5.66 Å². The van der Waals surface area contributed by atoms with E-state index in [1.807, 2.05) is 0 Å². The first-order valence-electron chi connectivity index (χ1n) is 12.4. The van der Waals surface area contributed by atoms with Crippen molar-refractivity contribution in [2.75, 3.05) is 91.7 Å². The van der Waals surface area contributed by atoms with Crippen LogP contribution in [0, 0.1) is 0 Å². The number of rotatable bonds is 11. The summed E-state index contributed by atoms with van der Waals surface area (Å²) in [7, 11) is 0. The van der Waals surface area contributed by atoms with Crippen LogP contribution in [0.3, 0.4) is 0 Å². The van der Waals surface area contributed by atoms with E-state index in [0.717, 1.165) is 0 Å². The molecule has 3 atom stereocenters. The van der Waals surface area contributed by atoms with Gasteiger partial charge in [-0.3, -0.25) is 38.9 Å². The molecule has 2 saturated heterocycles. The standard InChI is InChI=1S/C22H39N5O11/c28-15-16(29)11-27-2-1-17(30)22(27,21(37)38)26-9-7-24(13-19(33)34)5-3-23(12-18(31)32)4-6-25(8-10-26)14-20(35)36/h16-17,28-30H,1-15H2,(H,31,32)(H,33,34)(H,35,36)(H,37,38)/t16?,17?,22-/m0/s1. The summed E-state index contributed by atoms with van der Waals surface area (Å²) in [5, 5.41) is 68.8. The first-order valence-corrected chi connectivity index (χ1v) is 12.4. The molecule has 2 unspecified atom stereocenters. The molecule has 0 amide bonds. The van der Waals surface area contributed by atoms with Crippen molar-refractivity contribution >= 4 is 23.9 Å². The minimum Gasteiger partial charge on any atom is -0.480 e. The maximum absolute atomic E-state index is 12.8. The molecule has 0 spiro atoms. The van der Waals surface area contributed by atoms with Gasteiger partial charge in [0.05, 0.1) is 38.4 Å². The number of aliphatic hydroxyl groups excluding tert-OH is 3. The first kappa shape index (κ1) is 31.8. The Hall–Kier alpha value is -2.44. The van der Waals surface area contributed by atoms with Crippen LogP contribution in [-0.2, 0) is 19.2 Å². The maximum atomic E-state index is 12.8.